The van der Waals surface area contributed by atoms with Crippen LogP contribution in [0, 0.1) is 13.8 Å². The first-order valence-corrected chi connectivity index (χ1v) is 6.47. The van der Waals surface area contributed by atoms with Gasteiger partial charge in [0.15, 0.2) is 0 Å². The zero-order valence-electron chi connectivity index (χ0n) is 11.4. The molecule has 18 heavy (non-hydrogen) atoms. The number of aromatic nitrogens is 2. The summed E-state index contributed by atoms with van der Waals surface area (Å²) < 4.78 is 2.12. The molecule has 1 aromatic heterocycles. The lowest BCUT2D eigenvalue weighted by Crippen LogP contribution is -2.25. The number of likely N-dealkylation sites (N-methyl/N-ethyl adjacent to an activating group) is 1. The highest BCUT2D eigenvalue weighted by Crippen LogP contribution is 2.20. The Morgan fingerprint density at radius 3 is 2.83 bits per heavy atom. The van der Waals surface area contributed by atoms with Crippen molar-refractivity contribution in [2.45, 2.75) is 33.4 Å². The van der Waals surface area contributed by atoms with Crippen LogP contribution in [-0.4, -0.2) is 16.1 Å². The molecule has 3 heteroatoms. The third-order valence-corrected chi connectivity index (χ3v) is 3.21. The molecule has 0 amide bonds. The van der Waals surface area contributed by atoms with E-state index < -0.39 is 0 Å². The molecule has 1 heterocycles. The molecule has 1 atom stereocenters. The normalized spacial score (nSPS) is 12.6. The molecule has 2 rings (SSSR count). The van der Waals surface area contributed by atoms with Crippen LogP contribution >= 0.6 is 0 Å². The molecule has 1 aromatic carbocycles. The van der Waals surface area contributed by atoms with E-state index in [4.69, 9.17) is 0 Å². The van der Waals surface area contributed by atoms with Crippen molar-refractivity contribution in [3.05, 3.63) is 53.6 Å². The fraction of sp³-hybridized carbons (Fsp3) is 0.400. The molecule has 3 nitrogen and oxygen atoms in total. The van der Waals surface area contributed by atoms with E-state index in [1.807, 2.05) is 18.7 Å². The van der Waals surface area contributed by atoms with Crippen LogP contribution in [0.5, 0.6) is 0 Å². The summed E-state index contributed by atoms with van der Waals surface area (Å²) in [5.74, 6) is 0. The summed E-state index contributed by atoms with van der Waals surface area (Å²) in [6.07, 6.45) is 5.71. The van der Waals surface area contributed by atoms with Gasteiger partial charge in [-0.25, -0.2) is 4.98 Å². The van der Waals surface area contributed by atoms with E-state index in [0.29, 0.717) is 6.04 Å². The van der Waals surface area contributed by atoms with Gasteiger partial charge >= 0.3 is 0 Å². The van der Waals surface area contributed by atoms with Crippen LogP contribution < -0.4 is 5.32 Å². The fourth-order valence-corrected chi connectivity index (χ4v) is 2.26. The Labute approximate surface area is 109 Å². The van der Waals surface area contributed by atoms with Gasteiger partial charge in [0.1, 0.15) is 0 Å². The SMILES string of the molecule is CCNC(Cn1ccnc1)c1cc(C)ccc1C. The Bertz CT molecular complexity index is 488. The number of nitrogens with one attached hydrogen (secondary N) is 1. The van der Waals surface area contributed by atoms with Crippen molar-refractivity contribution in [1.82, 2.24) is 14.9 Å². The Morgan fingerprint density at radius 1 is 1.33 bits per heavy atom. The Morgan fingerprint density at radius 2 is 2.17 bits per heavy atom. The summed E-state index contributed by atoms with van der Waals surface area (Å²) in [6, 6.07) is 6.98. The second kappa shape index (κ2) is 5.83. The monoisotopic (exact) mass is 243 g/mol. The predicted molar refractivity (Wildman–Crippen MR) is 74.6 cm³/mol. The van der Waals surface area contributed by atoms with Crippen LogP contribution in [-0.2, 0) is 6.54 Å². The number of rotatable bonds is 5. The third-order valence-electron chi connectivity index (χ3n) is 3.21. The summed E-state index contributed by atoms with van der Waals surface area (Å²) in [5.41, 5.74) is 4.03. The molecule has 1 unspecified atom stereocenters. The van der Waals surface area contributed by atoms with Crippen molar-refractivity contribution < 1.29 is 0 Å². The van der Waals surface area contributed by atoms with Crippen LogP contribution in [0.25, 0.3) is 0 Å². The fourth-order valence-electron chi connectivity index (χ4n) is 2.26. The van der Waals surface area contributed by atoms with Crippen LogP contribution in [0.2, 0.25) is 0 Å². The molecule has 0 aliphatic heterocycles. The van der Waals surface area contributed by atoms with Gasteiger partial charge in [-0.15, -0.1) is 0 Å². The Balaban J connectivity index is 2.26. The average molecular weight is 243 g/mol. The lowest BCUT2D eigenvalue weighted by atomic mass is 9.98. The molecule has 0 radical (unpaired) electrons. The van der Waals surface area contributed by atoms with E-state index in [1.165, 1.54) is 16.7 Å². The number of aryl methyl sites for hydroxylation is 2. The van der Waals surface area contributed by atoms with Gasteiger partial charge in [-0.2, -0.15) is 0 Å². The smallest absolute Gasteiger partial charge is 0.0946 e. The minimum Gasteiger partial charge on any atom is -0.336 e. The van der Waals surface area contributed by atoms with Crippen molar-refractivity contribution in [1.29, 1.82) is 0 Å². The number of imidazole rings is 1. The molecule has 0 bridgehead atoms. The van der Waals surface area contributed by atoms with Crippen LogP contribution in [0.1, 0.15) is 29.7 Å². The average Bonchev–Trinajstić information content (AvgIpc) is 2.85. The molecule has 2 aromatic rings. The number of nitrogens with zero attached hydrogens (tertiary/aromatic N) is 2. The van der Waals surface area contributed by atoms with Gasteiger partial charge in [0.05, 0.1) is 12.4 Å². The molecule has 0 spiro atoms. The second-order valence-electron chi connectivity index (χ2n) is 4.73. The standard InChI is InChI=1S/C15H21N3/c1-4-17-15(10-18-8-7-16-11-18)14-9-12(2)5-6-13(14)3/h5-9,11,15,17H,4,10H2,1-3H3. The largest absolute Gasteiger partial charge is 0.336 e. The van der Waals surface area contributed by atoms with Crippen LogP contribution in [0.3, 0.4) is 0 Å². The summed E-state index contributed by atoms with van der Waals surface area (Å²) in [6.45, 7) is 8.34. The highest BCUT2D eigenvalue weighted by atomic mass is 15.1. The molecule has 1 N–H and O–H groups in total. The first-order chi connectivity index (χ1) is 8.70. The lowest BCUT2D eigenvalue weighted by Gasteiger charge is -2.21. The maximum absolute atomic E-state index is 4.10. The maximum atomic E-state index is 4.10. The summed E-state index contributed by atoms with van der Waals surface area (Å²) in [7, 11) is 0. The van der Waals surface area contributed by atoms with E-state index in [9.17, 15) is 0 Å². The van der Waals surface area contributed by atoms with Crippen molar-refractivity contribution >= 4 is 0 Å². The maximum Gasteiger partial charge on any atom is 0.0946 e. The zero-order valence-corrected chi connectivity index (χ0v) is 11.4. The quantitative estimate of drug-likeness (QED) is 0.875. The minimum atomic E-state index is 0.337. The summed E-state index contributed by atoms with van der Waals surface area (Å²) in [5, 5.41) is 3.56. The van der Waals surface area contributed by atoms with E-state index in [0.717, 1.165) is 13.1 Å². The summed E-state index contributed by atoms with van der Waals surface area (Å²) >= 11 is 0. The first-order valence-electron chi connectivity index (χ1n) is 6.47. The van der Waals surface area contributed by atoms with E-state index in [1.54, 1.807) is 0 Å². The highest BCUT2D eigenvalue weighted by Gasteiger charge is 2.13. The molecule has 0 saturated carbocycles. The van der Waals surface area contributed by atoms with Gasteiger partial charge in [0, 0.05) is 18.9 Å². The predicted octanol–water partition coefficient (Wildman–Crippen LogP) is 2.85. The first kappa shape index (κ1) is 12.8. The molecule has 0 aliphatic rings. The van der Waals surface area contributed by atoms with Crippen molar-refractivity contribution in [3.8, 4) is 0 Å². The van der Waals surface area contributed by atoms with Crippen LogP contribution in [0.4, 0.5) is 0 Å². The minimum absolute atomic E-state index is 0.337. The topological polar surface area (TPSA) is 29.9 Å². The van der Waals surface area contributed by atoms with Gasteiger partial charge < -0.3 is 9.88 Å². The molecule has 0 aliphatic carbocycles. The molecular formula is C15H21N3. The third kappa shape index (κ3) is 2.99. The second-order valence-corrected chi connectivity index (χ2v) is 4.73. The van der Waals surface area contributed by atoms with Gasteiger partial charge in [-0.1, -0.05) is 30.7 Å². The number of hydrogen-bond acceptors (Lipinski definition) is 2. The van der Waals surface area contributed by atoms with Crippen molar-refractivity contribution in [2.24, 2.45) is 0 Å². The van der Waals surface area contributed by atoms with Gasteiger partial charge in [0.25, 0.3) is 0 Å². The van der Waals surface area contributed by atoms with Gasteiger partial charge in [0.2, 0.25) is 0 Å². The number of benzene rings is 1. The summed E-state index contributed by atoms with van der Waals surface area (Å²) in [4.78, 5) is 4.10. The molecule has 0 fully saturated rings. The number of hydrogen-bond donors (Lipinski definition) is 1. The molecular weight excluding hydrogens is 222 g/mol. The zero-order chi connectivity index (χ0) is 13.0. The Hall–Kier alpha value is -1.61. The Kier molecular flexibility index (Phi) is 4.15. The lowest BCUT2D eigenvalue weighted by molar-refractivity contribution is 0.473. The highest BCUT2D eigenvalue weighted by molar-refractivity contribution is 5.33. The van der Waals surface area contributed by atoms with E-state index >= 15 is 0 Å². The van der Waals surface area contributed by atoms with Crippen molar-refractivity contribution in [2.75, 3.05) is 6.54 Å². The van der Waals surface area contributed by atoms with Gasteiger partial charge in [-0.05, 0) is 31.5 Å². The van der Waals surface area contributed by atoms with E-state index in [-0.39, 0.29) is 0 Å². The van der Waals surface area contributed by atoms with Crippen molar-refractivity contribution in [3.63, 3.8) is 0 Å². The molecule has 0 saturated heterocycles. The molecule has 96 valence electrons. The van der Waals surface area contributed by atoms with E-state index in [2.05, 4.69) is 53.8 Å². The van der Waals surface area contributed by atoms with Gasteiger partial charge in [-0.3, -0.25) is 0 Å². The van der Waals surface area contributed by atoms with Crippen LogP contribution in [0.15, 0.2) is 36.9 Å².